The molecule has 1 unspecified atom stereocenters. The second-order valence-electron chi connectivity index (χ2n) is 6.34. The lowest BCUT2D eigenvalue weighted by Crippen LogP contribution is -2.31. The van der Waals surface area contributed by atoms with Gasteiger partial charge in [-0.15, -0.1) is 0 Å². The molecule has 3 rings (SSSR count). The molecule has 6 nitrogen and oxygen atoms in total. The van der Waals surface area contributed by atoms with E-state index in [2.05, 4.69) is 0 Å². The maximum Gasteiger partial charge on any atom is 0.273 e. The summed E-state index contributed by atoms with van der Waals surface area (Å²) in [5, 5.41) is 11.1. The molecule has 0 N–H and O–H groups in total. The molecule has 7 heteroatoms. The number of nitrogens with zero attached hydrogens (tertiary/aromatic N) is 2. The molecule has 2 aromatic carbocycles. The highest BCUT2D eigenvalue weighted by Gasteiger charge is 2.37. The van der Waals surface area contributed by atoms with Crippen molar-refractivity contribution < 1.29 is 13.3 Å². The van der Waals surface area contributed by atoms with Crippen molar-refractivity contribution in [2.75, 3.05) is 6.54 Å². The van der Waals surface area contributed by atoms with Crippen molar-refractivity contribution in [3.05, 3.63) is 69.3 Å². The first-order chi connectivity index (χ1) is 11.8. The van der Waals surface area contributed by atoms with Gasteiger partial charge in [0.05, 0.1) is 15.9 Å². The molecule has 1 saturated heterocycles. The Morgan fingerprint density at radius 1 is 1.12 bits per heavy atom. The Balaban J connectivity index is 2.03. The molecule has 1 aliphatic heterocycles. The summed E-state index contributed by atoms with van der Waals surface area (Å²) in [5.41, 5.74) is 2.08. The van der Waals surface area contributed by atoms with Crippen molar-refractivity contribution in [2.24, 2.45) is 0 Å². The van der Waals surface area contributed by atoms with Crippen LogP contribution >= 0.6 is 0 Å². The molecule has 2 aromatic rings. The smallest absolute Gasteiger partial charge is 0.258 e. The largest absolute Gasteiger partial charge is 0.273 e. The second kappa shape index (κ2) is 6.57. The van der Waals surface area contributed by atoms with Gasteiger partial charge < -0.3 is 0 Å². The zero-order valence-corrected chi connectivity index (χ0v) is 15.0. The first-order valence-electron chi connectivity index (χ1n) is 8.15. The highest BCUT2D eigenvalue weighted by Crippen LogP contribution is 2.38. The van der Waals surface area contributed by atoms with E-state index < -0.39 is 14.9 Å². The molecule has 25 heavy (non-hydrogen) atoms. The van der Waals surface area contributed by atoms with Crippen molar-refractivity contribution in [1.29, 1.82) is 0 Å². The molecule has 0 bridgehead atoms. The van der Waals surface area contributed by atoms with Gasteiger partial charge in [-0.2, -0.15) is 4.31 Å². The second-order valence-corrected chi connectivity index (χ2v) is 8.20. The number of sulfonamides is 1. The van der Waals surface area contributed by atoms with Crippen LogP contribution in [0.15, 0.2) is 47.4 Å². The molecule has 1 atom stereocenters. The summed E-state index contributed by atoms with van der Waals surface area (Å²) in [7, 11) is -3.80. The average molecular weight is 360 g/mol. The van der Waals surface area contributed by atoms with Gasteiger partial charge >= 0.3 is 0 Å². The molecule has 1 fully saturated rings. The molecule has 0 radical (unpaired) electrons. The fraction of sp³-hybridized carbons (Fsp3) is 0.333. The molecule has 0 amide bonds. The topological polar surface area (TPSA) is 80.5 Å². The van der Waals surface area contributed by atoms with Gasteiger partial charge in [-0.25, -0.2) is 8.42 Å². The third-order valence-electron chi connectivity index (χ3n) is 4.70. The van der Waals surface area contributed by atoms with Crippen molar-refractivity contribution in [3.63, 3.8) is 0 Å². The quantitative estimate of drug-likeness (QED) is 0.614. The monoisotopic (exact) mass is 360 g/mol. The maximum atomic E-state index is 13.2. The van der Waals surface area contributed by atoms with E-state index in [0.717, 1.165) is 24.0 Å². The lowest BCUT2D eigenvalue weighted by molar-refractivity contribution is -0.385. The average Bonchev–Trinajstić information content (AvgIpc) is 3.05. The van der Waals surface area contributed by atoms with Crippen LogP contribution in [-0.2, 0) is 10.0 Å². The standard InChI is InChI=1S/C18H20N2O4S/c1-13-8-10-15(11-9-13)17-6-4-12-19(17)25(23,24)18-7-3-5-16(14(18)2)20(21)22/h3,5,7-11,17H,4,6,12H2,1-2H3. The Morgan fingerprint density at radius 2 is 1.80 bits per heavy atom. The van der Waals surface area contributed by atoms with Crippen LogP contribution < -0.4 is 0 Å². The zero-order chi connectivity index (χ0) is 18.2. The molecule has 0 aromatic heterocycles. The first kappa shape index (κ1) is 17.6. The number of rotatable bonds is 4. The van der Waals surface area contributed by atoms with Gasteiger partial charge in [-0.1, -0.05) is 35.9 Å². The van der Waals surface area contributed by atoms with Crippen LogP contribution in [0.1, 0.15) is 35.6 Å². The molecule has 132 valence electrons. The van der Waals surface area contributed by atoms with Crippen LogP contribution in [0.2, 0.25) is 0 Å². The van der Waals surface area contributed by atoms with Crippen LogP contribution in [0.5, 0.6) is 0 Å². The van der Waals surface area contributed by atoms with E-state index in [4.69, 9.17) is 0 Å². The minimum Gasteiger partial charge on any atom is -0.258 e. The molecule has 1 aliphatic rings. The fourth-order valence-corrected chi connectivity index (χ4v) is 5.28. The fourth-order valence-electron chi connectivity index (χ4n) is 3.36. The van der Waals surface area contributed by atoms with Crippen molar-refractivity contribution >= 4 is 15.7 Å². The number of aryl methyl sites for hydroxylation is 1. The van der Waals surface area contributed by atoms with E-state index >= 15 is 0 Å². The predicted octanol–water partition coefficient (Wildman–Crippen LogP) is 3.74. The summed E-state index contributed by atoms with van der Waals surface area (Å²) in [4.78, 5) is 10.6. The minimum atomic E-state index is -3.80. The summed E-state index contributed by atoms with van der Waals surface area (Å²) in [6.07, 6.45) is 1.52. The van der Waals surface area contributed by atoms with Crippen LogP contribution in [0, 0.1) is 24.0 Å². The van der Waals surface area contributed by atoms with Crippen LogP contribution in [-0.4, -0.2) is 24.2 Å². The Hall–Kier alpha value is -2.25. The molecule has 1 heterocycles. The number of nitro groups is 1. The molecule has 0 saturated carbocycles. The van der Waals surface area contributed by atoms with E-state index in [0.29, 0.717) is 6.54 Å². The first-order valence-corrected chi connectivity index (χ1v) is 9.59. The van der Waals surface area contributed by atoms with Gasteiger partial charge in [-0.05, 0) is 38.3 Å². The van der Waals surface area contributed by atoms with Crippen molar-refractivity contribution in [1.82, 2.24) is 4.31 Å². The van der Waals surface area contributed by atoms with Crippen LogP contribution in [0.3, 0.4) is 0 Å². The van der Waals surface area contributed by atoms with Crippen LogP contribution in [0.4, 0.5) is 5.69 Å². The van der Waals surface area contributed by atoms with Crippen LogP contribution in [0.25, 0.3) is 0 Å². The Kier molecular flexibility index (Phi) is 4.62. The van der Waals surface area contributed by atoms with Gasteiger partial charge in [0, 0.05) is 18.2 Å². The van der Waals surface area contributed by atoms with E-state index in [1.165, 1.54) is 29.4 Å². The molecule has 0 aliphatic carbocycles. The van der Waals surface area contributed by atoms with Gasteiger partial charge in [0.25, 0.3) is 5.69 Å². The summed E-state index contributed by atoms with van der Waals surface area (Å²) in [6.45, 7) is 3.89. The maximum absolute atomic E-state index is 13.2. The predicted molar refractivity (Wildman–Crippen MR) is 94.9 cm³/mol. The molecular weight excluding hydrogens is 340 g/mol. The molecule has 0 spiro atoms. The zero-order valence-electron chi connectivity index (χ0n) is 14.2. The lowest BCUT2D eigenvalue weighted by atomic mass is 10.0. The minimum absolute atomic E-state index is 0.0145. The lowest BCUT2D eigenvalue weighted by Gasteiger charge is -2.25. The van der Waals surface area contributed by atoms with Gasteiger partial charge in [0.1, 0.15) is 0 Å². The van der Waals surface area contributed by atoms with E-state index in [1.807, 2.05) is 31.2 Å². The third kappa shape index (κ3) is 3.17. The van der Waals surface area contributed by atoms with Crippen molar-refractivity contribution in [3.8, 4) is 0 Å². The summed E-state index contributed by atoms with van der Waals surface area (Å²) in [5.74, 6) is 0. The number of nitro benzene ring substituents is 1. The van der Waals surface area contributed by atoms with Gasteiger partial charge in [-0.3, -0.25) is 10.1 Å². The number of hydrogen-bond donors (Lipinski definition) is 0. The van der Waals surface area contributed by atoms with Crippen molar-refractivity contribution in [2.45, 2.75) is 37.6 Å². The summed E-state index contributed by atoms with van der Waals surface area (Å²) >= 11 is 0. The third-order valence-corrected chi connectivity index (χ3v) is 6.76. The highest BCUT2D eigenvalue weighted by molar-refractivity contribution is 7.89. The summed E-state index contributed by atoms with van der Waals surface area (Å²) in [6, 6.07) is 11.8. The normalized spacial score (nSPS) is 18.4. The Labute approximate surface area is 147 Å². The van der Waals surface area contributed by atoms with E-state index in [1.54, 1.807) is 0 Å². The van der Waals surface area contributed by atoms with E-state index in [-0.39, 0.29) is 22.2 Å². The SMILES string of the molecule is Cc1ccc(C2CCCN2S(=O)(=O)c2cccc([N+](=O)[O-])c2C)cc1. The van der Waals surface area contributed by atoms with Gasteiger partial charge in [0.2, 0.25) is 10.0 Å². The summed E-state index contributed by atoms with van der Waals surface area (Å²) < 4.78 is 27.8. The molecular formula is C18H20N2O4S. The number of benzene rings is 2. The number of hydrogen-bond acceptors (Lipinski definition) is 4. The van der Waals surface area contributed by atoms with E-state index in [9.17, 15) is 18.5 Å². The Bertz CT molecular complexity index is 907. The van der Waals surface area contributed by atoms with Gasteiger partial charge in [0.15, 0.2) is 0 Å². The highest BCUT2D eigenvalue weighted by atomic mass is 32.2. The Morgan fingerprint density at radius 3 is 2.44 bits per heavy atom.